The fourth-order valence-electron chi connectivity index (χ4n) is 2.33. The van der Waals surface area contributed by atoms with Crippen molar-refractivity contribution in [2.24, 2.45) is 0 Å². The smallest absolute Gasteiger partial charge is 0.179 e. The van der Waals surface area contributed by atoms with Crippen LogP contribution in [0.3, 0.4) is 0 Å². The van der Waals surface area contributed by atoms with Crippen LogP contribution in [-0.4, -0.2) is 19.9 Å². The number of thiophene rings is 1. The molecule has 0 N–H and O–H groups in total. The molecule has 106 valence electrons. The molecule has 0 fully saturated rings. The summed E-state index contributed by atoms with van der Waals surface area (Å²) in [7, 11) is -1.20. The molecule has 21 heavy (non-hydrogen) atoms. The zero-order valence-corrected chi connectivity index (χ0v) is 12.4. The minimum atomic E-state index is -1.20. The topological polar surface area (TPSA) is 51.6 Å². The van der Waals surface area contributed by atoms with Crippen LogP contribution in [-0.2, 0) is 0 Å². The lowest BCUT2D eigenvalue weighted by Gasteiger charge is -2.13. The lowest BCUT2D eigenvalue weighted by atomic mass is 10.2. The molecule has 1 aliphatic heterocycles. The van der Waals surface area contributed by atoms with E-state index in [9.17, 15) is 8.78 Å². The Bertz CT molecular complexity index is 906. The molecule has 3 aromatic rings. The van der Waals surface area contributed by atoms with E-state index >= 15 is 0 Å². The van der Waals surface area contributed by atoms with Crippen LogP contribution in [0.2, 0.25) is 0 Å². The van der Waals surface area contributed by atoms with E-state index in [-0.39, 0.29) is 11.0 Å². The maximum absolute atomic E-state index is 14.2. The summed E-state index contributed by atoms with van der Waals surface area (Å²) < 4.78 is 27.7. The Kier molecular flexibility index (Phi) is 2.76. The van der Waals surface area contributed by atoms with E-state index in [1.807, 2.05) is 0 Å². The van der Waals surface area contributed by atoms with Crippen LogP contribution in [0.4, 0.5) is 8.78 Å². The van der Waals surface area contributed by atoms with Crippen molar-refractivity contribution in [3.05, 3.63) is 40.5 Å². The molecular weight excluding hydrogens is 314 g/mol. The SMILES string of the molecule is Cc1ncnc2c1C(F)=C[SH]2c1ncnc2sc(F)cc12. The maximum Gasteiger partial charge on any atom is 0.179 e. The summed E-state index contributed by atoms with van der Waals surface area (Å²) in [5, 5.41) is 3.06. The quantitative estimate of drug-likeness (QED) is 0.549. The Hall–Kier alpha value is -1.93. The van der Waals surface area contributed by atoms with Crippen LogP contribution in [0.5, 0.6) is 0 Å². The van der Waals surface area contributed by atoms with E-state index < -0.39 is 10.9 Å². The molecule has 0 amide bonds. The molecule has 4 rings (SSSR count). The molecular formula is C13H8F2N4S2. The van der Waals surface area contributed by atoms with Gasteiger partial charge in [-0.25, -0.2) is 24.3 Å². The van der Waals surface area contributed by atoms with Crippen molar-refractivity contribution in [3.8, 4) is 0 Å². The Balaban J connectivity index is 1.98. The maximum atomic E-state index is 14.2. The molecule has 4 nitrogen and oxygen atoms in total. The average Bonchev–Trinajstić information content (AvgIpc) is 2.99. The molecule has 0 radical (unpaired) electrons. The van der Waals surface area contributed by atoms with Gasteiger partial charge in [0.2, 0.25) is 0 Å². The molecule has 1 unspecified atom stereocenters. The first-order chi connectivity index (χ1) is 10.1. The Labute approximate surface area is 125 Å². The number of nitrogens with zero attached hydrogens (tertiary/aromatic N) is 4. The highest BCUT2D eigenvalue weighted by Crippen LogP contribution is 2.55. The third-order valence-corrected chi connectivity index (χ3v) is 6.16. The average molecular weight is 322 g/mol. The molecule has 3 aromatic heterocycles. The van der Waals surface area contributed by atoms with Gasteiger partial charge in [-0.05, 0) is 18.4 Å². The summed E-state index contributed by atoms with van der Waals surface area (Å²) in [6, 6.07) is 1.40. The fourth-order valence-corrected chi connectivity index (χ4v) is 5.22. The van der Waals surface area contributed by atoms with Gasteiger partial charge < -0.3 is 0 Å². The molecule has 0 saturated carbocycles. The highest BCUT2D eigenvalue weighted by Gasteiger charge is 2.28. The molecule has 4 heterocycles. The highest BCUT2D eigenvalue weighted by atomic mass is 32.2. The number of hydrogen-bond donors (Lipinski definition) is 1. The van der Waals surface area contributed by atoms with Crippen LogP contribution in [0.15, 0.2) is 34.2 Å². The second-order valence-corrected chi connectivity index (χ2v) is 7.30. The third kappa shape index (κ3) is 1.86. The standard InChI is InChI=1S/C13H8F2N4S2/c1-6-10-8(14)3-21(13(10)19-4-16-6)12-7-2-9(15)20-11(7)17-5-18-12/h2-5,21H,1H3. The largest absolute Gasteiger partial charge is 0.241 e. The van der Waals surface area contributed by atoms with Crippen LogP contribution >= 0.6 is 22.2 Å². The number of aryl methyl sites for hydroxylation is 1. The van der Waals surface area contributed by atoms with Crippen molar-refractivity contribution in [2.45, 2.75) is 17.0 Å². The van der Waals surface area contributed by atoms with Crippen molar-refractivity contribution in [1.29, 1.82) is 0 Å². The Morgan fingerprint density at radius 1 is 1.05 bits per heavy atom. The Morgan fingerprint density at radius 2 is 1.81 bits per heavy atom. The first kappa shape index (κ1) is 12.8. The first-order valence-electron chi connectivity index (χ1n) is 6.03. The lowest BCUT2D eigenvalue weighted by Crippen LogP contribution is -1.95. The number of rotatable bonds is 1. The number of hydrogen-bond acceptors (Lipinski definition) is 5. The normalized spacial score (nSPS) is 18.8. The zero-order valence-electron chi connectivity index (χ0n) is 10.7. The minimum absolute atomic E-state index is 0.329. The number of thiol groups is 1. The number of aromatic nitrogens is 4. The number of halogens is 2. The van der Waals surface area contributed by atoms with Gasteiger partial charge in [0.25, 0.3) is 0 Å². The van der Waals surface area contributed by atoms with Crippen LogP contribution in [0.25, 0.3) is 16.0 Å². The van der Waals surface area contributed by atoms with Crippen LogP contribution < -0.4 is 0 Å². The Morgan fingerprint density at radius 3 is 2.67 bits per heavy atom. The minimum Gasteiger partial charge on any atom is -0.241 e. The predicted molar refractivity (Wildman–Crippen MR) is 78.7 cm³/mol. The molecule has 0 aliphatic carbocycles. The monoisotopic (exact) mass is 322 g/mol. The predicted octanol–water partition coefficient (Wildman–Crippen LogP) is 3.63. The summed E-state index contributed by atoms with van der Waals surface area (Å²) in [5.41, 5.74) is 1.03. The summed E-state index contributed by atoms with van der Waals surface area (Å²) >= 11 is 0.956. The lowest BCUT2D eigenvalue weighted by molar-refractivity contribution is 0.658. The summed E-state index contributed by atoms with van der Waals surface area (Å²) in [6.07, 6.45) is 2.80. The van der Waals surface area contributed by atoms with E-state index in [0.717, 1.165) is 11.3 Å². The molecule has 0 spiro atoms. The van der Waals surface area contributed by atoms with Gasteiger partial charge in [0.1, 0.15) is 23.3 Å². The summed E-state index contributed by atoms with van der Waals surface area (Å²) in [6.45, 7) is 1.74. The van der Waals surface area contributed by atoms with Crippen molar-refractivity contribution in [1.82, 2.24) is 19.9 Å². The van der Waals surface area contributed by atoms with E-state index in [1.54, 1.807) is 6.92 Å². The zero-order chi connectivity index (χ0) is 14.6. The van der Waals surface area contributed by atoms with E-state index in [4.69, 9.17) is 0 Å². The van der Waals surface area contributed by atoms with Crippen LogP contribution in [0.1, 0.15) is 11.3 Å². The highest BCUT2D eigenvalue weighted by molar-refractivity contribution is 8.20. The van der Waals surface area contributed by atoms with Gasteiger partial charge in [-0.1, -0.05) is 11.3 Å². The van der Waals surface area contributed by atoms with Crippen molar-refractivity contribution in [3.63, 3.8) is 0 Å². The first-order valence-corrected chi connectivity index (χ1v) is 8.26. The summed E-state index contributed by atoms with van der Waals surface area (Å²) in [4.78, 5) is 17.1. The number of fused-ring (bicyclic) bond motifs is 2. The van der Waals surface area contributed by atoms with Gasteiger partial charge in [0.05, 0.1) is 21.3 Å². The van der Waals surface area contributed by atoms with Gasteiger partial charge in [0, 0.05) is 5.39 Å². The van der Waals surface area contributed by atoms with E-state index in [1.165, 1.54) is 24.1 Å². The summed E-state index contributed by atoms with van der Waals surface area (Å²) in [5.74, 6) is -0.336. The molecule has 8 heteroatoms. The third-order valence-electron chi connectivity index (χ3n) is 3.23. The molecule has 0 bridgehead atoms. The molecule has 0 saturated heterocycles. The van der Waals surface area contributed by atoms with E-state index in [0.29, 0.717) is 31.5 Å². The van der Waals surface area contributed by atoms with Crippen molar-refractivity contribution >= 4 is 38.3 Å². The fraction of sp³-hybridized carbons (Fsp3) is 0.0769. The van der Waals surface area contributed by atoms with Crippen LogP contribution in [0, 0.1) is 12.1 Å². The van der Waals surface area contributed by atoms with Crippen molar-refractivity contribution < 1.29 is 8.78 Å². The van der Waals surface area contributed by atoms with Gasteiger partial charge >= 0.3 is 0 Å². The van der Waals surface area contributed by atoms with Crippen molar-refractivity contribution in [2.75, 3.05) is 0 Å². The molecule has 1 aliphatic rings. The van der Waals surface area contributed by atoms with Gasteiger partial charge in [-0.2, -0.15) is 4.39 Å². The van der Waals surface area contributed by atoms with Gasteiger partial charge in [-0.3, -0.25) is 0 Å². The molecule has 1 atom stereocenters. The second-order valence-electron chi connectivity index (χ2n) is 4.47. The van der Waals surface area contributed by atoms with Gasteiger partial charge in [-0.15, -0.1) is 10.9 Å². The van der Waals surface area contributed by atoms with Gasteiger partial charge in [0.15, 0.2) is 5.13 Å². The van der Waals surface area contributed by atoms with E-state index in [2.05, 4.69) is 19.9 Å². The molecule has 0 aromatic carbocycles. The second kappa shape index (κ2) is 4.54.